The van der Waals surface area contributed by atoms with E-state index in [4.69, 9.17) is 4.74 Å². The van der Waals surface area contributed by atoms with Gasteiger partial charge in [-0.05, 0) is 97.4 Å². The van der Waals surface area contributed by atoms with Crippen molar-refractivity contribution in [1.29, 1.82) is 0 Å². The molecule has 5 rings (SSSR count). The van der Waals surface area contributed by atoms with Gasteiger partial charge < -0.3 is 14.5 Å². The highest BCUT2D eigenvalue weighted by Crippen LogP contribution is 2.48. The van der Waals surface area contributed by atoms with Crippen LogP contribution in [0.5, 0.6) is 5.75 Å². The van der Waals surface area contributed by atoms with Crippen LogP contribution >= 0.6 is 11.8 Å². The maximum absolute atomic E-state index is 11.8. The zero-order chi connectivity index (χ0) is 32.4. The van der Waals surface area contributed by atoms with Crippen molar-refractivity contribution in [1.82, 2.24) is 0 Å². The van der Waals surface area contributed by atoms with E-state index in [1.54, 1.807) is 11.8 Å². The van der Waals surface area contributed by atoms with Gasteiger partial charge in [-0.2, -0.15) is 16.8 Å². The highest BCUT2D eigenvalue weighted by Gasteiger charge is 2.32. The van der Waals surface area contributed by atoms with E-state index in [1.165, 1.54) is 5.56 Å². The Kier molecular flexibility index (Phi) is 10.00. The first kappa shape index (κ1) is 33.1. The number of unbranched alkanes of at least 4 members (excludes halogenated alkanes) is 1. The number of allylic oxidation sites excluding steroid dienone is 2. The second-order valence-corrected chi connectivity index (χ2v) is 15.5. The highest BCUT2D eigenvalue weighted by molar-refractivity contribution is 8.03. The SMILES string of the molecule is CCC(=CC1Oc2ccc(-c3ccccc3)cc2N1CCS(=O)(=O)O)C=C1Sc2cc(C)c(C)cc2N1CCCCS(=O)(=O)O. The Hall–Kier alpha value is -3.29. The van der Waals surface area contributed by atoms with Crippen molar-refractivity contribution in [3.63, 3.8) is 0 Å². The van der Waals surface area contributed by atoms with Gasteiger partial charge in [0.2, 0.25) is 0 Å². The van der Waals surface area contributed by atoms with Gasteiger partial charge in [-0.15, -0.1) is 0 Å². The molecular weight excluding hydrogens is 633 g/mol. The van der Waals surface area contributed by atoms with Crippen LogP contribution in [0.25, 0.3) is 11.1 Å². The minimum atomic E-state index is -4.21. The monoisotopic (exact) mass is 670 g/mol. The van der Waals surface area contributed by atoms with Crippen LogP contribution in [0.1, 0.15) is 37.3 Å². The van der Waals surface area contributed by atoms with Crippen molar-refractivity contribution in [2.75, 3.05) is 34.4 Å². The fourth-order valence-electron chi connectivity index (χ4n) is 5.42. The molecule has 2 heterocycles. The van der Waals surface area contributed by atoms with Gasteiger partial charge in [-0.25, -0.2) is 0 Å². The molecule has 12 heteroatoms. The predicted octanol–water partition coefficient (Wildman–Crippen LogP) is 6.84. The predicted molar refractivity (Wildman–Crippen MR) is 181 cm³/mol. The van der Waals surface area contributed by atoms with E-state index in [2.05, 4.69) is 37.0 Å². The quantitative estimate of drug-likeness (QED) is 0.156. The fraction of sp³-hybridized carbons (Fsp3) is 0.333. The molecule has 9 nitrogen and oxygen atoms in total. The number of fused-ring (bicyclic) bond motifs is 2. The molecule has 2 aliphatic heterocycles. The van der Waals surface area contributed by atoms with E-state index in [1.807, 2.05) is 66.4 Å². The molecule has 3 aromatic carbocycles. The summed E-state index contributed by atoms with van der Waals surface area (Å²) in [5, 5.41) is 0.987. The maximum atomic E-state index is 11.8. The first-order chi connectivity index (χ1) is 21.3. The van der Waals surface area contributed by atoms with Gasteiger partial charge in [-0.3, -0.25) is 9.11 Å². The minimum absolute atomic E-state index is 0.0391. The van der Waals surface area contributed by atoms with Crippen molar-refractivity contribution < 1.29 is 30.7 Å². The highest BCUT2D eigenvalue weighted by atomic mass is 32.2. The molecule has 0 aromatic heterocycles. The van der Waals surface area contributed by atoms with Crippen LogP contribution in [0.4, 0.5) is 11.4 Å². The molecule has 45 heavy (non-hydrogen) atoms. The summed E-state index contributed by atoms with van der Waals surface area (Å²) in [4.78, 5) is 5.16. The van der Waals surface area contributed by atoms with Crippen LogP contribution in [-0.2, 0) is 20.2 Å². The number of hydrogen-bond acceptors (Lipinski definition) is 8. The number of ether oxygens (including phenoxy) is 1. The van der Waals surface area contributed by atoms with E-state index in [0.29, 0.717) is 31.6 Å². The third-order valence-corrected chi connectivity index (χ3v) is 10.6. The topological polar surface area (TPSA) is 124 Å². The molecule has 2 N–H and O–H groups in total. The van der Waals surface area contributed by atoms with Gasteiger partial charge in [0.05, 0.1) is 27.9 Å². The minimum Gasteiger partial charge on any atom is -0.465 e. The maximum Gasteiger partial charge on any atom is 0.266 e. The van der Waals surface area contributed by atoms with E-state index in [0.717, 1.165) is 43.6 Å². The molecule has 0 saturated heterocycles. The van der Waals surface area contributed by atoms with Crippen molar-refractivity contribution in [3.05, 3.63) is 94.5 Å². The lowest BCUT2D eigenvalue weighted by molar-refractivity contribution is 0.273. The van der Waals surface area contributed by atoms with Crippen LogP contribution in [0.2, 0.25) is 0 Å². The molecular formula is C33H38N2O7S3. The number of nitrogens with zero attached hydrogens (tertiary/aromatic N) is 2. The first-order valence-electron chi connectivity index (χ1n) is 14.8. The zero-order valence-electron chi connectivity index (χ0n) is 25.5. The summed E-state index contributed by atoms with van der Waals surface area (Å²) < 4.78 is 71.2. The fourth-order valence-corrected chi connectivity index (χ4v) is 7.66. The van der Waals surface area contributed by atoms with Crippen molar-refractivity contribution in [3.8, 4) is 16.9 Å². The largest absolute Gasteiger partial charge is 0.465 e. The number of aryl methyl sites for hydroxylation is 2. The number of anilines is 2. The normalized spacial score (nSPS) is 17.5. The molecule has 0 fully saturated rings. The Morgan fingerprint density at radius 1 is 0.867 bits per heavy atom. The van der Waals surface area contributed by atoms with Gasteiger partial charge >= 0.3 is 0 Å². The van der Waals surface area contributed by atoms with Crippen molar-refractivity contribution >= 4 is 43.4 Å². The van der Waals surface area contributed by atoms with E-state index < -0.39 is 32.2 Å². The summed E-state index contributed by atoms with van der Waals surface area (Å²) >= 11 is 1.65. The standard InChI is InChI=1S/C33H38N2O7S3/c1-4-25(21-33-35(14-8-9-16-44(36,37)38)29-18-23(2)24(3)19-31(29)43-33)20-32-34(15-17-45(39,40)41)28-22-27(12-13-30(28)42-32)26-10-6-5-7-11-26/h5-7,10-13,18-22,32H,4,8-9,14-17H2,1-3H3,(H,36,37,38)(H,39,40,41). The van der Waals surface area contributed by atoms with Crippen LogP contribution in [0, 0.1) is 13.8 Å². The number of rotatable bonds is 12. The third kappa shape index (κ3) is 8.30. The van der Waals surface area contributed by atoms with Crippen LogP contribution < -0.4 is 14.5 Å². The Morgan fingerprint density at radius 3 is 2.27 bits per heavy atom. The van der Waals surface area contributed by atoms with Crippen LogP contribution in [0.3, 0.4) is 0 Å². The van der Waals surface area contributed by atoms with Crippen molar-refractivity contribution in [2.24, 2.45) is 0 Å². The summed E-state index contributed by atoms with van der Waals surface area (Å²) in [6, 6.07) is 20.0. The van der Waals surface area contributed by atoms with Gasteiger partial charge in [0.25, 0.3) is 20.2 Å². The lowest BCUT2D eigenvalue weighted by Gasteiger charge is -2.24. The molecule has 0 aliphatic carbocycles. The second-order valence-electron chi connectivity index (χ2n) is 11.3. The average molecular weight is 671 g/mol. The van der Waals surface area contributed by atoms with Crippen LogP contribution in [0.15, 0.2) is 88.3 Å². The summed E-state index contributed by atoms with van der Waals surface area (Å²) in [5.41, 5.74) is 7.11. The first-order valence-corrected chi connectivity index (χ1v) is 18.9. The second kappa shape index (κ2) is 13.6. The summed E-state index contributed by atoms with van der Waals surface area (Å²) in [5.74, 6) is -0.0967. The number of hydrogen-bond donors (Lipinski definition) is 2. The van der Waals surface area contributed by atoms with E-state index in [-0.39, 0.29) is 12.3 Å². The number of thioether (sulfide) groups is 1. The molecule has 0 radical (unpaired) electrons. The average Bonchev–Trinajstić information content (AvgIpc) is 3.49. The Bertz CT molecular complexity index is 1840. The Labute approximate surface area is 270 Å². The van der Waals surface area contributed by atoms with Gasteiger partial charge in [0, 0.05) is 18.0 Å². The Morgan fingerprint density at radius 2 is 1.58 bits per heavy atom. The van der Waals surface area contributed by atoms with Crippen molar-refractivity contribution in [2.45, 2.75) is 51.2 Å². The molecule has 2 aliphatic rings. The van der Waals surface area contributed by atoms with Gasteiger partial charge in [0.15, 0.2) is 6.23 Å². The molecule has 1 atom stereocenters. The number of benzene rings is 3. The molecule has 0 saturated carbocycles. The van der Waals surface area contributed by atoms with E-state index >= 15 is 0 Å². The smallest absolute Gasteiger partial charge is 0.266 e. The molecule has 1 unspecified atom stereocenters. The molecule has 0 amide bonds. The summed E-state index contributed by atoms with van der Waals surface area (Å²) in [6.45, 7) is 6.80. The summed E-state index contributed by atoms with van der Waals surface area (Å²) in [6.07, 6.45) is 5.07. The molecule has 3 aromatic rings. The molecule has 0 spiro atoms. The van der Waals surface area contributed by atoms with Crippen LogP contribution in [-0.4, -0.2) is 56.8 Å². The zero-order valence-corrected chi connectivity index (χ0v) is 28.0. The Balaban J connectivity index is 1.46. The molecule has 240 valence electrons. The lowest BCUT2D eigenvalue weighted by atomic mass is 10.0. The lowest BCUT2D eigenvalue weighted by Crippen LogP contribution is -2.37. The van der Waals surface area contributed by atoms with Gasteiger partial charge in [-0.1, -0.05) is 55.1 Å². The van der Waals surface area contributed by atoms with Gasteiger partial charge in [0.1, 0.15) is 5.75 Å². The van der Waals surface area contributed by atoms with E-state index in [9.17, 15) is 25.9 Å². The molecule has 0 bridgehead atoms. The summed E-state index contributed by atoms with van der Waals surface area (Å²) in [7, 11) is -8.23. The third-order valence-electron chi connectivity index (χ3n) is 7.97.